The van der Waals surface area contributed by atoms with Gasteiger partial charge in [0.05, 0.1) is 11.9 Å². The molecule has 0 unspecified atom stereocenters. The van der Waals surface area contributed by atoms with Crippen molar-refractivity contribution in [1.82, 2.24) is 0 Å². The lowest BCUT2D eigenvalue weighted by atomic mass is 10.1. The number of nitrogens with zero attached hydrogens (tertiary/aromatic N) is 1. The van der Waals surface area contributed by atoms with Crippen molar-refractivity contribution in [1.29, 1.82) is 0 Å². The van der Waals surface area contributed by atoms with E-state index in [0.29, 0.717) is 18.7 Å². The van der Waals surface area contributed by atoms with Gasteiger partial charge in [-0.3, -0.25) is 4.31 Å². The fourth-order valence-corrected chi connectivity index (χ4v) is 2.56. The minimum absolute atomic E-state index is 0.0148. The number of hydrogen-bond acceptors (Lipinski definition) is 3. The molecule has 1 N–H and O–H groups in total. The van der Waals surface area contributed by atoms with E-state index in [1.54, 1.807) is 12.1 Å². The van der Waals surface area contributed by atoms with Crippen LogP contribution in [-0.2, 0) is 16.4 Å². The van der Waals surface area contributed by atoms with E-state index in [1.165, 1.54) is 16.1 Å². The average molecular weight is 257 g/mol. The molecule has 1 rings (SSSR count). The van der Waals surface area contributed by atoms with Crippen LogP contribution in [0.25, 0.3) is 0 Å². The van der Waals surface area contributed by atoms with Crippen molar-refractivity contribution < 1.29 is 13.5 Å². The summed E-state index contributed by atoms with van der Waals surface area (Å²) in [5, 5.41) is 8.79. The molecular weight excluding hydrogens is 238 g/mol. The highest BCUT2D eigenvalue weighted by atomic mass is 32.2. The summed E-state index contributed by atoms with van der Waals surface area (Å²) in [5.41, 5.74) is 1.82. The largest absolute Gasteiger partial charge is 0.396 e. The highest BCUT2D eigenvalue weighted by Gasteiger charge is 2.16. The third-order valence-electron chi connectivity index (χ3n) is 2.55. The Balaban J connectivity index is 2.96. The number of aliphatic hydroxyl groups excluding tert-OH is 1. The van der Waals surface area contributed by atoms with Crippen molar-refractivity contribution in [3.8, 4) is 0 Å². The molecule has 0 radical (unpaired) electrons. The first kappa shape index (κ1) is 14.0. The number of aryl methyl sites for hydroxylation is 1. The minimum Gasteiger partial charge on any atom is -0.396 e. The molecule has 0 aliphatic heterocycles. The van der Waals surface area contributed by atoms with Gasteiger partial charge in [-0.2, -0.15) is 0 Å². The van der Waals surface area contributed by atoms with E-state index in [4.69, 9.17) is 5.11 Å². The lowest BCUT2D eigenvalue weighted by Gasteiger charge is -2.22. The van der Waals surface area contributed by atoms with Gasteiger partial charge in [0.25, 0.3) is 0 Å². The number of anilines is 1. The highest BCUT2D eigenvalue weighted by molar-refractivity contribution is 7.92. The number of hydrogen-bond donors (Lipinski definition) is 1. The van der Waals surface area contributed by atoms with Gasteiger partial charge in [-0.05, 0) is 30.5 Å². The second kappa shape index (κ2) is 6.02. The van der Waals surface area contributed by atoms with Gasteiger partial charge in [-0.15, -0.1) is 0 Å². The maximum absolute atomic E-state index is 11.6. The van der Waals surface area contributed by atoms with E-state index < -0.39 is 10.0 Å². The second-order valence-corrected chi connectivity index (χ2v) is 5.84. The van der Waals surface area contributed by atoms with Crippen LogP contribution < -0.4 is 4.31 Å². The van der Waals surface area contributed by atoms with Crippen LogP contribution in [0.15, 0.2) is 24.3 Å². The topological polar surface area (TPSA) is 57.6 Å². The van der Waals surface area contributed by atoms with Crippen molar-refractivity contribution in [2.24, 2.45) is 0 Å². The molecule has 96 valence electrons. The first-order valence-corrected chi connectivity index (χ1v) is 7.51. The number of benzene rings is 1. The number of sulfonamides is 1. The Bertz CT molecular complexity index is 439. The van der Waals surface area contributed by atoms with Crippen LogP contribution in [0.1, 0.15) is 18.9 Å². The van der Waals surface area contributed by atoms with Crippen molar-refractivity contribution in [3.05, 3.63) is 29.8 Å². The number of aliphatic hydroxyl groups is 1. The molecule has 0 amide bonds. The molecule has 0 atom stereocenters. The van der Waals surface area contributed by atoms with Crippen LogP contribution >= 0.6 is 0 Å². The SMILES string of the molecule is CCc1ccc(N(CCCO)S(C)(=O)=O)cc1. The number of rotatable bonds is 6. The Morgan fingerprint density at radius 2 is 1.82 bits per heavy atom. The maximum Gasteiger partial charge on any atom is 0.232 e. The molecule has 1 aromatic rings. The predicted molar refractivity (Wildman–Crippen MR) is 69.7 cm³/mol. The van der Waals surface area contributed by atoms with Gasteiger partial charge in [0.1, 0.15) is 0 Å². The van der Waals surface area contributed by atoms with Crippen LogP contribution in [0.5, 0.6) is 0 Å². The Morgan fingerprint density at radius 1 is 1.24 bits per heavy atom. The molecule has 0 fully saturated rings. The minimum atomic E-state index is -3.29. The summed E-state index contributed by atoms with van der Waals surface area (Å²) in [4.78, 5) is 0. The van der Waals surface area contributed by atoms with Crippen molar-refractivity contribution in [2.45, 2.75) is 19.8 Å². The zero-order valence-corrected chi connectivity index (χ0v) is 11.1. The summed E-state index contributed by atoms with van der Waals surface area (Å²) in [6.07, 6.45) is 2.54. The Morgan fingerprint density at radius 3 is 2.24 bits per heavy atom. The van der Waals surface area contributed by atoms with Gasteiger partial charge in [-0.25, -0.2) is 8.42 Å². The maximum atomic E-state index is 11.6. The van der Waals surface area contributed by atoms with Crippen LogP contribution in [0.4, 0.5) is 5.69 Å². The third-order valence-corrected chi connectivity index (χ3v) is 3.75. The predicted octanol–water partition coefficient (Wildman–Crippen LogP) is 1.40. The first-order chi connectivity index (χ1) is 7.99. The van der Waals surface area contributed by atoms with Gasteiger partial charge in [0.2, 0.25) is 10.0 Å². The van der Waals surface area contributed by atoms with Gasteiger partial charge in [-0.1, -0.05) is 19.1 Å². The smallest absolute Gasteiger partial charge is 0.232 e. The Hall–Kier alpha value is -1.07. The molecule has 1 aromatic carbocycles. The van der Waals surface area contributed by atoms with E-state index in [2.05, 4.69) is 6.92 Å². The van der Waals surface area contributed by atoms with Gasteiger partial charge in [0.15, 0.2) is 0 Å². The Kier molecular flexibility index (Phi) is 4.96. The van der Waals surface area contributed by atoms with E-state index in [0.717, 1.165) is 6.42 Å². The van der Waals surface area contributed by atoms with Crippen LogP contribution in [0.3, 0.4) is 0 Å². The normalized spacial score (nSPS) is 11.5. The zero-order valence-electron chi connectivity index (χ0n) is 10.3. The summed E-state index contributed by atoms with van der Waals surface area (Å²) in [7, 11) is -3.29. The molecular formula is C12H19NO3S. The molecule has 0 aromatic heterocycles. The average Bonchev–Trinajstić information content (AvgIpc) is 2.29. The van der Waals surface area contributed by atoms with E-state index in [9.17, 15) is 8.42 Å². The quantitative estimate of drug-likeness (QED) is 0.838. The molecule has 0 spiro atoms. The van der Waals surface area contributed by atoms with Gasteiger partial charge in [0, 0.05) is 13.2 Å². The molecule has 0 saturated heterocycles. The summed E-state index contributed by atoms with van der Waals surface area (Å²) < 4.78 is 24.6. The Labute approximate surface area is 103 Å². The standard InChI is InChI=1S/C12H19NO3S/c1-3-11-5-7-12(8-6-11)13(9-4-10-14)17(2,15)16/h5-8,14H,3-4,9-10H2,1-2H3. The highest BCUT2D eigenvalue weighted by Crippen LogP contribution is 2.18. The molecule has 4 nitrogen and oxygen atoms in total. The van der Waals surface area contributed by atoms with Crippen LogP contribution in [-0.4, -0.2) is 32.9 Å². The van der Waals surface area contributed by atoms with E-state index in [1.807, 2.05) is 12.1 Å². The summed E-state index contributed by atoms with van der Waals surface area (Å²) in [6.45, 7) is 2.34. The van der Waals surface area contributed by atoms with E-state index in [-0.39, 0.29) is 6.61 Å². The fourth-order valence-electron chi connectivity index (χ4n) is 1.60. The molecule has 0 bridgehead atoms. The molecule has 17 heavy (non-hydrogen) atoms. The summed E-state index contributed by atoms with van der Waals surface area (Å²) in [6, 6.07) is 7.45. The van der Waals surface area contributed by atoms with Crippen LogP contribution in [0.2, 0.25) is 0 Å². The van der Waals surface area contributed by atoms with Gasteiger partial charge >= 0.3 is 0 Å². The van der Waals surface area contributed by atoms with Crippen molar-refractivity contribution >= 4 is 15.7 Å². The molecule has 0 aliphatic rings. The summed E-state index contributed by atoms with van der Waals surface area (Å²) >= 11 is 0. The van der Waals surface area contributed by atoms with E-state index >= 15 is 0 Å². The van der Waals surface area contributed by atoms with Gasteiger partial charge < -0.3 is 5.11 Å². The van der Waals surface area contributed by atoms with Crippen molar-refractivity contribution in [2.75, 3.05) is 23.7 Å². The molecule has 5 heteroatoms. The zero-order chi connectivity index (χ0) is 12.9. The lowest BCUT2D eigenvalue weighted by molar-refractivity contribution is 0.291. The monoisotopic (exact) mass is 257 g/mol. The summed E-state index contributed by atoms with van der Waals surface area (Å²) in [5.74, 6) is 0. The molecule has 0 aliphatic carbocycles. The molecule has 0 saturated carbocycles. The second-order valence-electron chi connectivity index (χ2n) is 3.93. The van der Waals surface area contributed by atoms with Crippen LogP contribution in [0, 0.1) is 0 Å². The fraction of sp³-hybridized carbons (Fsp3) is 0.500. The lowest BCUT2D eigenvalue weighted by Crippen LogP contribution is -2.31. The van der Waals surface area contributed by atoms with Crippen molar-refractivity contribution in [3.63, 3.8) is 0 Å². The third kappa shape index (κ3) is 4.02. The first-order valence-electron chi connectivity index (χ1n) is 5.66. The molecule has 0 heterocycles.